The lowest BCUT2D eigenvalue weighted by molar-refractivity contribution is -0.143. The molecule has 0 aliphatic rings. The van der Waals surface area contributed by atoms with Gasteiger partial charge in [0.25, 0.3) is 0 Å². The summed E-state index contributed by atoms with van der Waals surface area (Å²) >= 11 is 0. The van der Waals surface area contributed by atoms with Gasteiger partial charge in [0.05, 0.1) is 16.7 Å². The standard InChI is InChI=1S/C20H14F6O2/c1-2-17(9-8-13-6-4-3-5-7-13)28-18(27)14-10-15(19(21,22)23)12-16(11-14)20(24,25)26/h3-7,10-12,17H,2H2,1H3. The van der Waals surface area contributed by atoms with Gasteiger partial charge in [-0.25, -0.2) is 4.79 Å². The van der Waals surface area contributed by atoms with E-state index < -0.39 is 41.1 Å². The Morgan fingerprint density at radius 3 is 1.96 bits per heavy atom. The smallest absolute Gasteiger partial charge is 0.416 e. The van der Waals surface area contributed by atoms with E-state index in [-0.39, 0.29) is 12.5 Å². The molecule has 0 bridgehead atoms. The number of ether oxygens (including phenoxy) is 1. The van der Waals surface area contributed by atoms with Crippen molar-refractivity contribution in [2.75, 3.05) is 0 Å². The largest absolute Gasteiger partial charge is 0.446 e. The van der Waals surface area contributed by atoms with Gasteiger partial charge in [0.1, 0.15) is 0 Å². The van der Waals surface area contributed by atoms with E-state index in [0.717, 1.165) is 0 Å². The summed E-state index contributed by atoms with van der Waals surface area (Å²) in [6.45, 7) is 1.62. The number of carbonyl (C=O) groups excluding carboxylic acids is 1. The lowest BCUT2D eigenvalue weighted by Gasteiger charge is -2.15. The highest BCUT2D eigenvalue weighted by Gasteiger charge is 2.37. The maximum absolute atomic E-state index is 12.9. The molecule has 2 aromatic rings. The maximum atomic E-state index is 12.9. The van der Waals surface area contributed by atoms with Gasteiger partial charge in [0.2, 0.25) is 0 Å². The van der Waals surface area contributed by atoms with Gasteiger partial charge in [-0.2, -0.15) is 26.3 Å². The molecule has 2 rings (SSSR count). The summed E-state index contributed by atoms with van der Waals surface area (Å²) in [4.78, 5) is 12.2. The fourth-order valence-electron chi connectivity index (χ4n) is 2.17. The zero-order chi connectivity index (χ0) is 20.9. The summed E-state index contributed by atoms with van der Waals surface area (Å²) in [5.41, 5.74) is -3.40. The van der Waals surface area contributed by atoms with Crippen LogP contribution >= 0.6 is 0 Å². The molecule has 0 spiro atoms. The van der Waals surface area contributed by atoms with Crippen molar-refractivity contribution in [1.82, 2.24) is 0 Å². The predicted octanol–water partition coefficient (Wildman–Crippen LogP) is 5.71. The molecule has 2 nitrogen and oxygen atoms in total. The van der Waals surface area contributed by atoms with Crippen molar-refractivity contribution in [2.45, 2.75) is 31.8 Å². The predicted molar refractivity (Wildman–Crippen MR) is 89.3 cm³/mol. The molecule has 0 heterocycles. The minimum atomic E-state index is -5.05. The highest BCUT2D eigenvalue weighted by Crippen LogP contribution is 2.36. The average molecular weight is 400 g/mol. The molecular formula is C20H14F6O2. The highest BCUT2D eigenvalue weighted by atomic mass is 19.4. The van der Waals surface area contributed by atoms with Crippen LogP contribution in [0.1, 0.15) is 40.4 Å². The first kappa shape index (κ1) is 21.4. The molecule has 0 amide bonds. The van der Waals surface area contributed by atoms with Gasteiger partial charge in [0.15, 0.2) is 6.10 Å². The second kappa shape index (κ2) is 8.38. The second-order valence-electron chi connectivity index (χ2n) is 5.73. The monoisotopic (exact) mass is 400 g/mol. The summed E-state index contributed by atoms with van der Waals surface area (Å²) in [6, 6.07) is 9.24. The van der Waals surface area contributed by atoms with Crippen LogP contribution in [0.2, 0.25) is 0 Å². The molecule has 0 N–H and O–H groups in total. The van der Waals surface area contributed by atoms with Crippen molar-refractivity contribution in [3.05, 3.63) is 70.8 Å². The average Bonchev–Trinajstić information content (AvgIpc) is 2.64. The molecule has 1 atom stereocenters. The van der Waals surface area contributed by atoms with E-state index in [1.807, 2.05) is 0 Å². The van der Waals surface area contributed by atoms with Crippen LogP contribution in [0.15, 0.2) is 48.5 Å². The third kappa shape index (κ3) is 5.78. The molecule has 0 aliphatic carbocycles. The third-order valence-corrected chi connectivity index (χ3v) is 3.59. The van der Waals surface area contributed by atoms with E-state index in [1.54, 1.807) is 37.3 Å². The lowest BCUT2D eigenvalue weighted by atomic mass is 10.0. The maximum Gasteiger partial charge on any atom is 0.416 e. The number of esters is 1. The number of carbonyl (C=O) groups is 1. The first-order chi connectivity index (χ1) is 13.0. The van der Waals surface area contributed by atoms with E-state index in [0.29, 0.717) is 17.7 Å². The van der Waals surface area contributed by atoms with Crippen molar-refractivity contribution < 1.29 is 35.9 Å². The molecule has 0 saturated carbocycles. The van der Waals surface area contributed by atoms with Crippen LogP contribution in [0.3, 0.4) is 0 Å². The fraction of sp³-hybridized carbons (Fsp3) is 0.250. The van der Waals surface area contributed by atoms with Gasteiger partial charge in [-0.3, -0.25) is 0 Å². The molecule has 0 radical (unpaired) electrons. The quantitative estimate of drug-likeness (QED) is 0.375. The zero-order valence-corrected chi connectivity index (χ0v) is 14.5. The van der Waals surface area contributed by atoms with Gasteiger partial charge >= 0.3 is 18.3 Å². The SMILES string of the molecule is CCC(C#Cc1ccccc1)OC(=O)c1cc(C(F)(F)F)cc(C(F)(F)F)c1. The van der Waals surface area contributed by atoms with Crippen molar-refractivity contribution in [1.29, 1.82) is 0 Å². The van der Waals surface area contributed by atoms with Gasteiger partial charge < -0.3 is 4.74 Å². The summed E-state index contributed by atoms with van der Waals surface area (Å²) in [7, 11) is 0. The van der Waals surface area contributed by atoms with E-state index in [1.165, 1.54) is 0 Å². The third-order valence-electron chi connectivity index (χ3n) is 3.59. The van der Waals surface area contributed by atoms with Gasteiger partial charge in [-0.15, -0.1) is 0 Å². The van der Waals surface area contributed by atoms with Crippen molar-refractivity contribution >= 4 is 5.97 Å². The molecule has 0 aromatic heterocycles. The first-order valence-corrected chi connectivity index (χ1v) is 8.07. The molecule has 0 fully saturated rings. The molecule has 1 unspecified atom stereocenters. The Balaban J connectivity index is 2.30. The van der Waals surface area contributed by atoms with E-state index in [2.05, 4.69) is 11.8 Å². The van der Waals surface area contributed by atoms with Crippen molar-refractivity contribution in [2.24, 2.45) is 0 Å². The van der Waals surface area contributed by atoms with Crippen LogP contribution in [0.4, 0.5) is 26.3 Å². The van der Waals surface area contributed by atoms with Crippen LogP contribution in [-0.2, 0) is 17.1 Å². The molecule has 28 heavy (non-hydrogen) atoms. The molecular weight excluding hydrogens is 386 g/mol. The van der Waals surface area contributed by atoms with Crippen LogP contribution in [0, 0.1) is 11.8 Å². The Bertz CT molecular complexity index is 857. The van der Waals surface area contributed by atoms with Crippen LogP contribution in [-0.4, -0.2) is 12.1 Å². The fourth-order valence-corrected chi connectivity index (χ4v) is 2.17. The van der Waals surface area contributed by atoms with E-state index >= 15 is 0 Å². The zero-order valence-electron chi connectivity index (χ0n) is 14.5. The minimum absolute atomic E-state index is 0.0523. The lowest BCUT2D eigenvalue weighted by Crippen LogP contribution is -2.18. The minimum Gasteiger partial charge on any atom is -0.446 e. The number of rotatable bonds is 3. The first-order valence-electron chi connectivity index (χ1n) is 8.07. The molecule has 0 saturated heterocycles. The summed E-state index contributed by atoms with van der Waals surface area (Å²) in [5.74, 6) is 4.06. The number of hydrogen-bond donors (Lipinski definition) is 0. The summed E-state index contributed by atoms with van der Waals surface area (Å²) in [6.07, 6.45) is -10.9. The van der Waals surface area contributed by atoms with Gasteiger partial charge in [-0.1, -0.05) is 37.0 Å². The molecule has 2 aromatic carbocycles. The summed E-state index contributed by atoms with van der Waals surface area (Å²) < 4.78 is 82.4. The van der Waals surface area contributed by atoms with E-state index in [4.69, 9.17) is 4.74 Å². The Morgan fingerprint density at radius 1 is 0.964 bits per heavy atom. The van der Waals surface area contributed by atoms with Crippen molar-refractivity contribution in [3.8, 4) is 11.8 Å². The number of halogens is 6. The summed E-state index contributed by atoms with van der Waals surface area (Å²) in [5, 5.41) is 0. The topological polar surface area (TPSA) is 26.3 Å². The Morgan fingerprint density at radius 2 is 1.50 bits per heavy atom. The molecule has 8 heteroatoms. The normalized spacial score (nSPS) is 12.7. The van der Waals surface area contributed by atoms with Crippen LogP contribution in [0.25, 0.3) is 0 Å². The van der Waals surface area contributed by atoms with Crippen molar-refractivity contribution in [3.63, 3.8) is 0 Å². The molecule has 0 aliphatic heterocycles. The Labute approximate surface area is 157 Å². The van der Waals surface area contributed by atoms with Crippen LogP contribution in [0.5, 0.6) is 0 Å². The number of hydrogen-bond acceptors (Lipinski definition) is 2. The van der Waals surface area contributed by atoms with Gasteiger partial charge in [0, 0.05) is 5.56 Å². The van der Waals surface area contributed by atoms with Crippen LogP contribution < -0.4 is 0 Å². The highest BCUT2D eigenvalue weighted by molar-refractivity contribution is 5.90. The molecule has 148 valence electrons. The Hall–Kier alpha value is -2.95. The number of alkyl halides is 6. The Kier molecular flexibility index (Phi) is 6.39. The van der Waals surface area contributed by atoms with E-state index in [9.17, 15) is 31.1 Å². The number of benzene rings is 2. The van der Waals surface area contributed by atoms with Gasteiger partial charge in [-0.05, 0) is 36.8 Å². The second-order valence-corrected chi connectivity index (χ2v) is 5.73.